The van der Waals surface area contributed by atoms with Gasteiger partial charge in [0.25, 0.3) is 17.7 Å². The third kappa shape index (κ3) is 4.11. The van der Waals surface area contributed by atoms with Crippen LogP contribution in [0.2, 0.25) is 0 Å². The topological polar surface area (TPSA) is 87.7 Å². The first-order valence-electron chi connectivity index (χ1n) is 10.7. The molecule has 8 heteroatoms. The van der Waals surface area contributed by atoms with E-state index >= 15 is 0 Å². The molecule has 7 nitrogen and oxygen atoms in total. The van der Waals surface area contributed by atoms with Gasteiger partial charge in [0, 0.05) is 5.69 Å². The molecule has 0 spiro atoms. The Kier molecular flexibility index (Phi) is 5.72. The second-order valence-electron chi connectivity index (χ2n) is 7.85. The fourth-order valence-electron chi connectivity index (χ4n) is 4.02. The van der Waals surface area contributed by atoms with Crippen LogP contribution in [0.25, 0.3) is 10.8 Å². The van der Waals surface area contributed by atoms with E-state index in [1.807, 2.05) is 24.3 Å². The molecule has 0 saturated carbocycles. The van der Waals surface area contributed by atoms with Gasteiger partial charge in [-0.1, -0.05) is 36.4 Å². The molecule has 1 heterocycles. The highest BCUT2D eigenvalue weighted by atomic mass is 32.1. The number of carbonyl (C=O) groups excluding carboxylic acids is 3. The summed E-state index contributed by atoms with van der Waals surface area (Å²) in [4.78, 5) is 39.4. The van der Waals surface area contributed by atoms with Crippen molar-refractivity contribution in [3.05, 3.63) is 102 Å². The van der Waals surface area contributed by atoms with Gasteiger partial charge in [-0.3, -0.25) is 19.7 Å². The van der Waals surface area contributed by atoms with Crippen LogP contribution in [0.3, 0.4) is 0 Å². The molecule has 4 aromatic carbocycles. The fraction of sp³-hybridized carbons (Fsp3) is 0.0370. The SMILES string of the molecule is COc1cc2ccccc2cc1C(=O)NC(=S)Nc1ccc(N2C(=O)c3ccccc3C2=O)cc1. The van der Waals surface area contributed by atoms with E-state index in [4.69, 9.17) is 17.0 Å². The summed E-state index contributed by atoms with van der Waals surface area (Å²) in [5.41, 5.74) is 2.15. The summed E-state index contributed by atoms with van der Waals surface area (Å²) in [6.07, 6.45) is 0. The van der Waals surface area contributed by atoms with E-state index in [2.05, 4.69) is 10.6 Å². The van der Waals surface area contributed by atoms with Crippen molar-refractivity contribution in [1.29, 1.82) is 0 Å². The van der Waals surface area contributed by atoms with Crippen LogP contribution in [-0.4, -0.2) is 29.9 Å². The van der Waals surface area contributed by atoms with Crippen molar-refractivity contribution in [3.63, 3.8) is 0 Å². The molecule has 0 saturated heterocycles. The molecule has 0 fully saturated rings. The maximum atomic E-state index is 12.9. The maximum Gasteiger partial charge on any atom is 0.266 e. The van der Waals surface area contributed by atoms with Crippen molar-refractivity contribution in [2.45, 2.75) is 0 Å². The molecule has 0 aliphatic carbocycles. The summed E-state index contributed by atoms with van der Waals surface area (Å²) in [5.74, 6) is -0.695. The van der Waals surface area contributed by atoms with Gasteiger partial charge in [-0.2, -0.15) is 0 Å². The number of anilines is 2. The van der Waals surface area contributed by atoms with Crippen molar-refractivity contribution < 1.29 is 19.1 Å². The number of ether oxygens (including phenoxy) is 1. The average molecular weight is 482 g/mol. The Morgan fingerprint density at radius 3 is 2.00 bits per heavy atom. The molecule has 1 aliphatic rings. The largest absolute Gasteiger partial charge is 0.496 e. The van der Waals surface area contributed by atoms with Crippen molar-refractivity contribution >= 4 is 57.2 Å². The number of methoxy groups -OCH3 is 1. The minimum Gasteiger partial charge on any atom is -0.496 e. The zero-order valence-corrected chi connectivity index (χ0v) is 19.4. The summed E-state index contributed by atoms with van der Waals surface area (Å²) in [6.45, 7) is 0. The number of carbonyl (C=O) groups is 3. The van der Waals surface area contributed by atoms with Gasteiger partial charge < -0.3 is 10.1 Å². The second-order valence-corrected chi connectivity index (χ2v) is 8.25. The first-order valence-corrected chi connectivity index (χ1v) is 11.1. The van der Waals surface area contributed by atoms with Crippen LogP contribution in [0.15, 0.2) is 84.9 Å². The molecular weight excluding hydrogens is 462 g/mol. The highest BCUT2D eigenvalue weighted by Crippen LogP contribution is 2.29. The van der Waals surface area contributed by atoms with Gasteiger partial charge >= 0.3 is 0 Å². The van der Waals surface area contributed by atoms with E-state index < -0.39 is 5.91 Å². The van der Waals surface area contributed by atoms with Gasteiger partial charge in [-0.25, -0.2) is 4.90 Å². The number of hydrogen-bond donors (Lipinski definition) is 2. The smallest absolute Gasteiger partial charge is 0.266 e. The zero-order valence-electron chi connectivity index (χ0n) is 18.6. The number of amides is 3. The molecular formula is C27H19N3O4S. The number of thiocarbonyl (C=S) groups is 1. The van der Waals surface area contributed by atoms with Crippen LogP contribution in [-0.2, 0) is 0 Å². The van der Waals surface area contributed by atoms with Crippen LogP contribution in [0.4, 0.5) is 11.4 Å². The molecule has 0 atom stereocenters. The summed E-state index contributed by atoms with van der Waals surface area (Å²) in [5, 5.41) is 7.57. The van der Waals surface area contributed by atoms with Gasteiger partial charge in [0.2, 0.25) is 0 Å². The number of nitrogens with zero attached hydrogens (tertiary/aromatic N) is 1. The van der Waals surface area contributed by atoms with Gasteiger partial charge in [-0.05, 0) is 71.5 Å². The number of imide groups is 1. The van der Waals surface area contributed by atoms with Crippen LogP contribution in [0.1, 0.15) is 31.1 Å². The Labute approximate surface area is 206 Å². The second kappa shape index (κ2) is 9.00. The van der Waals surface area contributed by atoms with Crippen molar-refractivity contribution in [2.24, 2.45) is 0 Å². The monoisotopic (exact) mass is 481 g/mol. The third-order valence-corrected chi connectivity index (χ3v) is 5.92. The molecule has 0 bridgehead atoms. The Morgan fingerprint density at radius 1 is 0.829 bits per heavy atom. The lowest BCUT2D eigenvalue weighted by Gasteiger charge is -2.15. The Morgan fingerprint density at radius 2 is 1.40 bits per heavy atom. The lowest BCUT2D eigenvalue weighted by atomic mass is 10.1. The van der Waals surface area contributed by atoms with E-state index in [0.717, 1.165) is 15.7 Å². The lowest BCUT2D eigenvalue weighted by Crippen LogP contribution is -2.34. The molecule has 4 aromatic rings. The molecule has 3 amide bonds. The quantitative estimate of drug-likeness (QED) is 0.322. The van der Waals surface area contributed by atoms with E-state index in [0.29, 0.717) is 33.8 Å². The van der Waals surface area contributed by atoms with Gasteiger partial charge in [0.05, 0.1) is 29.5 Å². The first kappa shape index (κ1) is 22.2. The molecule has 5 rings (SSSR count). The van der Waals surface area contributed by atoms with E-state index in [9.17, 15) is 14.4 Å². The summed E-state index contributed by atoms with van der Waals surface area (Å²) in [6, 6.07) is 24.6. The normalized spacial score (nSPS) is 12.4. The van der Waals surface area contributed by atoms with Crippen molar-refractivity contribution in [3.8, 4) is 5.75 Å². The minimum atomic E-state index is -0.409. The number of rotatable bonds is 4. The van der Waals surface area contributed by atoms with E-state index in [1.54, 1.807) is 60.7 Å². The molecule has 172 valence electrons. The van der Waals surface area contributed by atoms with Crippen LogP contribution in [0.5, 0.6) is 5.75 Å². The lowest BCUT2D eigenvalue weighted by molar-refractivity contribution is 0.0923. The first-order chi connectivity index (χ1) is 17.0. The van der Waals surface area contributed by atoms with Crippen LogP contribution in [0, 0.1) is 0 Å². The maximum absolute atomic E-state index is 12.9. The standard InChI is InChI=1S/C27H19N3O4S/c1-34-23-15-17-7-3-2-6-16(17)14-22(23)24(31)29-27(35)28-18-10-12-19(13-11-18)30-25(32)20-8-4-5-9-21(20)26(30)33/h2-15H,1H3,(H2,28,29,31,35). The molecule has 35 heavy (non-hydrogen) atoms. The molecule has 0 unspecified atom stereocenters. The molecule has 2 N–H and O–H groups in total. The number of nitrogens with one attached hydrogen (secondary N) is 2. The predicted octanol–water partition coefficient (Wildman–Crippen LogP) is 4.78. The van der Waals surface area contributed by atoms with Gasteiger partial charge in [0.1, 0.15) is 5.75 Å². The molecule has 1 aliphatic heterocycles. The Bertz CT molecular complexity index is 1480. The summed E-state index contributed by atoms with van der Waals surface area (Å²) >= 11 is 5.31. The Hall–Kier alpha value is -4.56. The van der Waals surface area contributed by atoms with Gasteiger partial charge in [0.15, 0.2) is 5.11 Å². The molecule has 0 radical (unpaired) electrons. The van der Waals surface area contributed by atoms with Crippen LogP contribution >= 0.6 is 12.2 Å². The predicted molar refractivity (Wildman–Crippen MR) is 138 cm³/mol. The van der Waals surface area contributed by atoms with Crippen molar-refractivity contribution in [2.75, 3.05) is 17.3 Å². The van der Waals surface area contributed by atoms with Crippen LogP contribution < -0.4 is 20.3 Å². The Balaban J connectivity index is 1.28. The van der Waals surface area contributed by atoms with Gasteiger partial charge in [-0.15, -0.1) is 0 Å². The number of benzene rings is 4. The third-order valence-electron chi connectivity index (χ3n) is 5.72. The average Bonchev–Trinajstić information content (AvgIpc) is 3.13. The zero-order chi connectivity index (χ0) is 24.5. The highest BCUT2D eigenvalue weighted by molar-refractivity contribution is 7.80. The summed E-state index contributed by atoms with van der Waals surface area (Å²) in [7, 11) is 1.51. The summed E-state index contributed by atoms with van der Waals surface area (Å²) < 4.78 is 5.39. The highest BCUT2D eigenvalue weighted by Gasteiger charge is 2.36. The number of hydrogen-bond acceptors (Lipinski definition) is 5. The fourth-order valence-corrected chi connectivity index (χ4v) is 4.23. The molecule has 0 aromatic heterocycles. The minimum absolute atomic E-state index is 0.0960. The van der Waals surface area contributed by atoms with E-state index in [-0.39, 0.29) is 16.9 Å². The van der Waals surface area contributed by atoms with E-state index in [1.165, 1.54) is 7.11 Å². The van der Waals surface area contributed by atoms with Crippen molar-refractivity contribution in [1.82, 2.24) is 5.32 Å². The number of fused-ring (bicyclic) bond motifs is 2.